The van der Waals surface area contributed by atoms with E-state index in [1.807, 2.05) is 0 Å². The van der Waals surface area contributed by atoms with Gasteiger partial charge < -0.3 is 5.32 Å². The van der Waals surface area contributed by atoms with Crippen molar-refractivity contribution in [1.82, 2.24) is 5.32 Å². The van der Waals surface area contributed by atoms with Crippen LogP contribution in [-0.4, -0.2) is 12.1 Å². The van der Waals surface area contributed by atoms with E-state index in [0.29, 0.717) is 0 Å². The Labute approximate surface area is 109 Å². The van der Waals surface area contributed by atoms with E-state index in [4.69, 9.17) is 0 Å². The molecule has 1 aliphatic carbocycles. The van der Waals surface area contributed by atoms with Crippen molar-refractivity contribution in [2.75, 3.05) is 0 Å². The summed E-state index contributed by atoms with van der Waals surface area (Å²) in [6, 6.07) is 1.55. The molecule has 0 amide bonds. The van der Waals surface area contributed by atoms with Gasteiger partial charge in [0.15, 0.2) is 0 Å². The van der Waals surface area contributed by atoms with Crippen LogP contribution in [0.15, 0.2) is 0 Å². The van der Waals surface area contributed by atoms with Gasteiger partial charge >= 0.3 is 0 Å². The lowest BCUT2D eigenvalue weighted by Crippen LogP contribution is -2.39. The Kier molecular flexibility index (Phi) is 7.92. The van der Waals surface area contributed by atoms with Crippen molar-refractivity contribution in [3.8, 4) is 0 Å². The molecule has 1 N–H and O–H groups in total. The number of hydrogen-bond acceptors (Lipinski definition) is 1. The molecule has 1 nitrogen and oxygen atoms in total. The Balaban J connectivity index is 2.04. The molecule has 102 valence electrons. The Morgan fingerprint density at radius 3 is 2.29 bits per heavy atom. The molecule has 0 aromatic carbocycles. The Hall–Kier alpha value is -0.0400. The van der Waals surface area contributed by atoms with Crippen LogP contribution in [0.4, 0.5) is 0 Å². The highest BCUT2D eigenvalue weighted by Crippen LogP contribution is 2.26. The van der Waals surface area contributed by atoms with Crippen LogP contribution in [0.3, 0.4) is 0 Å². The normalized spacial score (nSPS) is 27.0. The molecule has 0 aromatic heterocycles. The fourth-order valence-electron chi connectivity index (χ4n) is 3.10. The molecule has 1 aliphatic rings. The number of hydrogen-bond donors (Lipinski definition) is 1. The predicted molar refractivity (Wildman–Crippen MR) is 77.4 cm³/mol. The molecular weight excluding hydrogens is 206 g/mol. The Morgan fingerprint density at radius 2 is 1.71 bits per heavy atom. The molecule has 1 saturated carbocycles. The van der Waals surface area contributed by atoms with Crippen LogP contribution in [0.2, 0.25) is 0 Å². The number of unbranched alkanes of at least 4 members (excludes halogenated alkanes) is 3. The quantitative estimate of drug-likeness (QED) is 0.594. The second-order valence-corrected chi connectivity index (χ2v) is 6.04. The minimum Gasteiger partial charge on any atom is -0.312 e. The van der Waals surface area contributed by atoms with Gasteiger partial charge in [-0.25, -0.2) is 0 Å². The van der Waals surface area contributed by atoms with Gasteiger partial charge in [0, 0.05) is 12.1 Å². The zero-order valence-corrected chi connectivity index (χ0v) is 12.3. The largest absolute Gasteiger partial charge is 0.312 e. The third-order valence-corrected chi connectivity index (χ3v) is 4.44. The van der Waals surface area contributed by atoms with Gasteiger partial charge in [0.25, 0.3) is 0 Å². The first-order valence-electron chi connectivity index (χ1n) is 8.02. The lowest BCUT2D eigenvalue weighted by molar-refractivity contribution is 0.268. The van der Waals surface area contributed by atoms with Gasteiger partial charge in [0.1, 0.15) is 0 Å². The van der Waals surface area contributed by atoms with E-state index in [-0.39, 0.29) is 0 Å². The lowest BCUT2D eigenvalue weighted by atomic mass is 9.84. The van der Waals surface area contributed by atoms with Gasteiger partial charge in [-0.2, -0.15) is 0 Å². The van der Waals surface area contributed by atoms with E-state index in [0.717, 1.165) is 18.0 Å². The summed E-state index contributed by atoms with van der Waals surface area (Å²) in [5.74, 6) is 1.02. The molecule has 1 unspecified atom stereocenters. The van der Waals surface area contributed by atoms with Crippen molar-refractivity contribution in [1.29, 1.82) is 0 Å². The molecule has 0 aliphatic heterocycles. The van der Waals surface area contributed by atoms with Crippen molar-refractivity contribution in [3.05, 3.63) is 0 Å². The van der Waals surface area contributed by atoms with Crippen molar-refractivity contribution in [2.45, 2.75) is 97.1 Å². The van der Waals surface area contributed by atoms with Gasteiger partial charge in [0.05, 0.1) is 0 Å². The lowest BCUT2D eigenvalue weighted by Gasteiger charge is -2.30. The van der Waals surface area contributed by atoms with Gasteiger partial charge in [0.2, 0.25) is 0 Å². The van der Waals surface area contributed by atoms with Crippen LogP contribution in [0.25, 0.3) is 0 Å². The topological polar surface area (TPSA) is 12.0 Å². The van der Waals surface area contributed by atoms with Crippen molar-refractivity contribution >= 4 is 0 Å². The van der Waals surface area contributed by atoms with Gasteiger partial charge in [-0.05, 0) is 44.9 Å². The molecular formula is C16H33N. The molecule has 0 radical (unpaired) electrons. The Bertz CT molecular complexity index is 170. The van der Waals surface area contributed by atoms with Crippen molar-refractivity contribution in [2.24, 2.45) is 5.92 Å². The highest BCUT2D eigenvalue weighted by molar-refractivity contribution is 4.78. The summed E-state index contributed by atoms with van der Waals surface area (Å²) >= 11 is 0. The molecule has 17 heavy (non-hydrogen) atoms. The van der Waals surface area contributed by atoms with Crippen molar-refractivity contribution in [3.63, 3.8) is 0 Å². The van der Waals surface area contributed by atoms with Crippen molar-refractivity contribution < 1.29 is 0 Å². The summed E-state index contributed by atoms with van der Waals surface area (Å²) in [6.45, 7) is 7.00. The molecule has 0 aromatic rings. The van der Waals surface area contributed by atoms with Gasteiger partial charge in [-0.15, -0.1) is 0 Å². The molecule has 0 spiro atoms. The molecule has 1 fully saturated rings. The van der Waals surface area contributed by atoms with Crippen LogP contribution in [0.5, 0.6) is 0 Å². The maximum Gasteiger partial charge on any atom is 0.00697 e. The summed E-state index contributed by atoms with van der Waals surface area (Å²) in [6.07, 6.45) is 14.1. The summed E-state index contributed by atoms with van der Waals surface area (Å²) < 4.78 is 0. The summed E-state index contributed by atoms with van der Waals surface area (Å²) in [5.41, 5.74) is 0. The van der Waals surface area contributed by atoms with Crippen LogP contribution >= 0.6 is 0 Å². The number of rotatable bonds is 8. The van der Waals surface area contributed by atoms with Crippen LogP contribution in [-0.2, 0) is 0 Å². The third-order valence-electron chi connectivity index (χ3n) is 4.44. The first-order valence-corrected chi connectivity index (χ1v) is 8.02. The fraction of sp³-hybridized carbons (Fsp3) is 1.00. The summed E-state index contributed by atoms with van der Waals surface area (Å²) in [4.78, 5) is 0. The molecule has 1 rings (SSSR count). The average Bonchev–Trinajstić information content (AvgIpc) is 2.36. The van der Waals surface area contributed by atoms with Crippen LogP contribution in [0.1, 0.15) is 85.0 Å². The van der Waals surface area contributed by atoms with Crippen LogP contribution in [0, 0.1) is 5.92 Å². The molecule has 1 atom stereocenters. The first kappa shape index (κ1) is 15.0. The second-order valence-electron chi connectivity index (χ2n) is 6.04. The monoisotopic (exact) mass is 239 g/mol. The standard InChI is InChI=1S/C16H33N/c1-4-6-7-8-9-14(3)17-16-12-10-15(5-2)11-13-16/h14-17H,4-13H2,1-3H3. The zero-order chi connectivity index (χ0) is 12.5. The smallest absolute Gasteiger partial charge is 0.00697 e. The zero-order valence-electron chi connectivity index (χ0n) is 12.3. The van der Waals surface area contributed by atoms with E-state index in [1.165, 1.54) is 64.2 Å². The Morgan fingerprint density at radius 1 is 1.00 bits per heavy atom. The molecule has 0 heterocycles. The second kappa shape index (κ2) is 8.97. The first-order chi connectivity index (χ1) is 8.26. The van der Waals surface area contributed by atoms with Crippen LogP contribution < -0.4 is 5.32 Å². The number of nitrogens with one attached hydrogen (secondary N) is 1. The summed E-state index contributed by atoms with van der Waals surface area (Å²) in [7, 11) is 0. The van der Waals surface area contributed by atoms with E-state index in [1.54, 1.807) is 0 Å². The fourth-order valence-corrected chi connectivity index (χ4v) is 3.10. The van der Waals surface area contributed by atoms with Gasteiger partial charge in [-0.3, -0.25) is 0 Å². The highest BCUT2D eigenvalue weighted by atomic mass is 14.9. The SMILES string of the molecule is CCCCCCC(C)NC1CCC(CC)CC1. The predicted octanol–water partition coefficient (Wildman–Crippen LogP) is 4.90. The average molecular weight is 239 g/mol. The van der Waals surface area contributed by atoms with E-state index < -0.39 is 0 Å². The third kappa shape index (κ3) is 6.45. The minimum absolute atomic E-state index is 0.732. The highest BCUT2D eigenvalue weighted by Gasteiger charge is 2.20. The van der Waals surface area contributed by atoms with E-state index >= 15 is 0 Å². The van der Waals surface area contributed by atoms with E-state index in [2.05, 4.69) is 26.1 Å². The molecule has 1 heteroatoms. The molecule has 0 bridgehead atoms. The maximum absolute atomic E-state index is 3.84. The minimum atomic E-state index is 0.732. The molecule has 0 saturated heterocycles. The van der Waals surface area contributed by atoms with Gasteiger partial charge in [-0.1, -0.05) is 46.0 Å². The summed E-state index contributed by atoms with van der Waals surface area (Å²) in [5, 5.41) is 3.84. The maximum atomic E-state index is 3.84. The van der Waals surface area contributed by atoms with E-state index in [9.17, 15) is 0 Å².